The van der Waals surface area contributed by atoms with Crippen LogP contribution < -0.4 is 14.4 Å². The Morgan fingerprint density at radius 2 is 1.10 bits per heavy atom. The van der Waals surface area contributed by atoms with Gasteiger partial charge in [0.05, 0.1) is 23.6 Å². The molecule has 272 valence electrons. The van der Waals surface area contributed by atoms with Crippen LogP contribution in [0.1, 0.15) is 79.5 Å². The van der Waals surface area contributed by atoms with Crippen LogP contribution in [0.4, 0.5) is 5.69 Å². The van der Waals surface area contributed by atoms with Gasteiger partial charge in [0, 0.05) is 61.4 Å². The molecule has 0 amide bonds. The largest absolute Gasteiger partial charge is 0.490 e. The average molecular weight is 697 g/mol. The van der Waals surface area contributed by atoms with Crippen LogP contribution in [0.3, 0.4) is 0 Å². The second-order valence-corrected chi connectivity index (χ2v) is 15.3. The number of hydrogen-bond acceptors (Lipinski definition) is 6. The highest BCUT2D eigenvalue weighted by Crippen LogP contribution is 2.33. The number of anilines is 1. The van der Waals surface area contributed by atoms with Gasteiger partial charge in [-0.25, -0.2) is 0 Å². The lowest BCUT2D eigenvalue weighted by Gasteiger charge is -2.40. The molecule has 1 aliphatic rings. The first kappa shape index (κ1) is 37.1. The number of aryl methyl sites for hydroxylation is 5. The summed E-state index contributed by atoms with van der Waals surface area (Å²) >= 11 is 0. The van der Waals surface area contributed by atoms with E-state index in [9.17, 15) is 0 Å². The minimum atomic E-state index is 0.140. The second-order valence-electron chi connectivity index (χ2n) is 15.3. The van der Waals surface area contributed by atoms with Crippen LogP contribution in [0, 0.1) is 34.6 Å². The van der Waals surface area contributed by atoms with Crippen molar-refractivity contribution in [3.05, 3.63) is 124 Å². The van der Waals surface area contributed by atoms with Crippen LogP contribution in [0.2, 0.25) is 0 Å². The molecule has 0 atom stereocenters. The molecule has 6 heteroatoms. The van der Waals surface area contributed by atoms with Crippen LogP contribution in [0.5, 0.6) is 11.5 Å². The third-order valence-electron chi connectivity index (χ3n) is 9.99. The van der Waals surface area contributed by atoms with Gasteiger partial charge < -0.3 is 14.4 Å². The molecule has 3 heterocycles. The first-order valence-corrected chi connectivity index (χ1v) is 19.0. The molecule has 0 radical (unpaired) electrons. The van der Waals surface area contributed by atoms with E-state index in [-0.39, 0.29) is 12.2 Å². The van der Waals surface area contributed by atoms with Crippen molar-refractivity contribution >= 4 is 5.69 Å². The lowest BCUT2D eigenvalue weighted by atomic mass is 9.99. The van der Waals surface area contributed by atoms with Gasteiger partial charge in [0.2, 0.25) is 0 Å². The van der Waals surface area contributed by atoms with Crippen molar-refractivity contribution in [1.82, 2.24) is 14.9 Å². The summed E-state index contributed by atoms with van der Waals surface area (Å²) in [7, 11) is 0. The van der Waals surface area contributed by atoms with E-state index in [1.165, 1.54) is 22.4 Å². The molecule has 0 spiro atoms. The van der Waals surface area contributed by atoms with Crippen LogP contribution in [0.25, 0.3) is 22.5 Å². The Hall–Kier alpha value is -4.68. The van der Waals surface area contributed by atoms with E-state index in [0.717, 1.165) is 95.3 Å². The molecule has 0 unspecified atom stereocenters. The normalized spacial score (nSPS) is 13.9. The van der Waals surface area contributed by atoms with Crippen molar-refractivity contribution in [2.24, 2.45) is 0 Å². The van der Waals surface area contributed by atoms with Crippen molar-refractivity contribution in [1.29, 1.82) is 0 Å². The van der Waals surface area contributed by atoms with Gasteiger partial charge in [0.25, 0.3) is 0 Å². The predicted molar refractivity (Wildman–Crippen MR) is 215 cm³/mol. The maximum Gasteiger partial charge on any atom is 0.125 e. The molecule has 0 saturated carbocycles. The third kappa shape index (κ3) is 9.02. The zero-order valence-electron chi connectivity index (χ0n) is 32.7. The molecule has 0 aliphatic carbocycles. The smallest absolute Gasteiger partial charge is 0.125 e. The number of piperidine rings is 1. The lowest BCUT2D eigenvalue weighted by Crippen LogP contribution is -2.44. The quantitative estimate of drug-likeness (QED) is 0.129. The monoisotopic (exact) mass is 696 g/mol. The highest BCUT2D eigenvalue weighted by atomic mass is 16.5. The van der Waals surface area contributed by atoms with Gasteiger partial charge in [0.1, 0.15) is 11.5 Å². The Balaban J connectivity index is 1.16. The minimum Gasteiger partial charge on any atom is -0.490 e. The van der Waals surface area contributed by atoms with Crippen LogP contribution >= 0.6 is 0 Å². The summed E-state index contributed by atoms with van der Waals surface area (Å²) in [6, 6.07) is 27.2. The predicted octanol–water partition coefficient (Wildman–Crippen LogP) is 10.6. The Morgan fingerprint density at radius 1 is 0.635 bits per heavy atom. The molecular weight excluding hydrogens is 641 g/mol. The summed E-state index contributed by atoms with van der Waals surface area (Å²) in [5, 5.41) is 0. The summed E-state index contributed by atoms with van der Waals surface area (Å²) in [4.78, 5) is 14.8. The maximum atomic E-state index is 6.12. The number of pyridine rings is 2. The minimum absolute atomic E-state index is 0.140. The van der Waals surface area contributed by atoms with Gasteiger partial charge in [-0.1, -0.05) is 17.7 Å². The Kier molecular flexibility index (Phi) is 11.6. The first-order valence-electron chi connectivity index (χ1n) is 19.0. The van der Waals surface area contributed by atoms with Gasteiger partial charge in [-0.15, -0.1) is 0 Å². The molecule has 1 fully saturated rings. The molecule has 1 aliphatic heterocycles. The van der Waals surface area contributed by atoms with E-state index in [1.54, 1.807) is 0 Å². The summed E-state index contributed by atoms with van der Waals surface area (Å²) in [5.41, 5.74) is 14.0. The van der Waals surface area contributed by atoms with E-state index in [2.05, 4.69) is 145 Å². The molecule has 52 heavy (non-hydrogen) atoms. The molecule has 2 aromatic heterocycles. The molecular formula is C46H56N4O2. The Labute approximate surface area is 311 Å². The fourth-order valence-corrected chi connectivity index (χ4v) is 7.51. The van der Waals surface area contributed by atoms with Crippen LogP contribution in [-0.2, 0) is 13.1 Å². The zero-order chi connectivity index (χ0) is 36.9. The van der Waals surface area contributed by atoms with Gasteiger partial charge in [0.15, 0.2) is 0 Å². The SMILES string of the molecule is Cc1ccc(N(Cc2ccnc(-c3cc(C)c(OC(C)C)c(C)c3)c2)C2CCN(Cc3ccnc(-c4cc(C)c(OC(C)C)c(C)c4)c3)CC2)cc1. The number of aromatic nitrogens is 2. The Bertz CT molecular complexity index is 1930. The molecule has 0 bridgehead atoms. The fraction of sp³-hybridized carbons (Fsp3) is 0.391. The van der Waals surface area contributed by atoms with Crippen molar-refractivity contribution in [2.45, 2.75) is 106 Å². The van der Waals surface area contributed by atoms with E-state index >= 15 is 0 Å². The van der Waals surface area contributed by atoms with Crippen molar-refractivity contribution in [3.8, 4) is 34.0 Å². The average Bonchev–Trinajstić information content (AvgIpc) is 3.11. The van der Waals surface area contributed by atoms with Crippen molar-refractivity contribution < 1.29 is 9.47 Å². The van der Waals surface area contributed by atoms with Crippen molar-refractivity contribution in [2.75, 3.05) is 18.0 Å². The Morgan fingerprint density at radius 3 is 1.58 bits per heavy atom. The number of likely N-dealkylation sites (tertiary alicyclic amines) is 1. The summed E-state index contributed by atoms with van der Waals surface area (Å²) in [6.07, 6.45) is 6.42. The molecule has 0 N–H and O–H groups in total. The summed E-state index contributed by atoms with van der Waals surface area (Å²) < 4.78 is 12.2. The number of nitrogens with zero attached hydrogens (tertiary/aromatic N) is 4. The summed E-state index contributed by atoms with van der Waals surface area (Å²) in [6.45, 7) is 22.8. The standard InChI is InChI=1S/C46H56N4O2/c1-30(2)51-45-33(6)22-39(23-34(45)7)43-26-37(14-18-47-43)28-49-20-16-42(17-21-49)50(41-12-10-32(5)11-13-41)29-38-15-19-48-44(27-38)40-24-35(8)46(36(9)25-40)52-31(3)4/h10-15,18-19,22-27,30-31,42H,16-17,20-21,28-29H2,1-9H3. The highest BCUT2D eigenvalue weighted by molar-refractivity contribution is 5.66. The maximum absolute atomic E-state index is 6.12. The molecule has 1 saturated heterocycles. The zero-order valence-corrected chi connectivity index (χ0v) is 32.7. The highest BCUT2D eigenvalue weighted by Gasteiger charge is 2.26. The number of ether oxygens (including phenoxy) is 2. The molecule has 3 aromatic carbocycles. The van der Waals surface area contributed by atoms with Crippen LogP contribution in [-0.4, -0.2) is 46.2 Å². The summed E-state index contributed by atoms with van der Waals surface area (Å²) in [5.74, 6) is 1.96. The molecule has 6 nitrogen and oxygen atoms in total. The second kappa shape index (κ2) is 16.3. The number of rotatable bonds is 12. The topological polar surface area (TPSA) is 50.7 Å². The van der Waals surface area contributed by atoms with Crippen LogP contribution in [0.15, 0.2) is 85.2 Å². The van der Waals surface area contributed by atoms with Crippen molar-refractivity contribution in [3.63, 3.8) is 0 Å². The first-order chi connectivity index (χ1) is 24.9. The van der Waals surface area contributed by atoms with Gasteiger partial charge in [-0.05, 0) is 169 Å². The van der Waals surface area contributed by atoms with E-state index in [4.69, 9.17) is 19.4 Å². The van der Waals surface area contributed by atoms with E-state index in [1.807, 2.05) is 12.4 Å². The van der Waals surface area contributed by atoms with Gasteiger partial charge >= 0.3 is 0 Å². The molecule has 5 aromatic rings. The van der Waals surface area contributed by atoms with Gasteiger partial charge in [-0.3, -0.25) is 14.9 Å². The lowest BCUT2D eigenvalue weighted by molar-refractivity contribution is 0.201. The van der Waals surface area contributed by atoms with E-state index < -0.39 is 0 Å². The molecule has 6 rings (SSSR count). The number of hydrogen-bond donors (Lipinski definition) is 0. The van der Waals surface area contributed by atoms with E-state index in [0.29, 0.717) is 6.04 Å². The van der Waals surface area contributed by atoms with Gasteiger partial charge in [-0.2, -0.15) is 0 Å². The number of benzene rings is 3. The third-order valence-corrected chi connectivity index (χ3v) is 9.99. The fourth-order valence-electron chi connectivity index (χ4n) is 7.51.